The van der Waals surface area contributed by atoms with Crippen molar-refractivity contribution in [1.82, 2.24) is 5.32 Å². The molecule has 1 heterocycles. The summed E-state index contributed by atoms with van der Waals surface area (Å²) in [6.07, 6.45) is 3.10. The highest BCUT2D eigenvalue weighted by Gasteiger charge is 2.24. The third-order valence-corrected chi connectivity index (χ3v) is 4.00. The minimum absolute atomic E-state index is 0.129. The van der Waals surface area contributed by atoms with Crippen molar-refractivity contribution in [3.05, 3.63) is 21.9 Å². The van der Waals surface area contributed by atoms with E-state index in [9.17, 15) is 5.11 Å². The van der Waals surface area contributed by atoms with Gasteiger partial charge in [-0.25, -0.2) is 0 Å². The summed E-state index contributed by atoms with van der Waals surface area (Å²) in [5, 5.41) is 15.2. The molecule has 1 fully saturated rings. The molecule has 1 saturated carbocycles. The summed E-state index contributed by atoms with van der Waals surface area (Å²) in [7, 11) is 0. The molecule has 0 unspecified atom stereocenters. The van der Waals surface area contributed by atoms with Crippen molar-refractivity contribution in [1.29, 1.82) is 0 Å². The van der Waals surface area contributed by atoms with Crippen molar-refractivity contribution in [3.63, 3.8) is 0 Å². The lowest BCUT2D eigenvalue weighted by Gasteiger charge is -2.15. The average molecular weight is 211 g/mol. The molecule has 1 aromatic heterocycles. The largest absolute Gasteiger partial charge is 0.392 e. The first-order chi connectivity index (χ1) is 6.77. The summed E-state index contributed by atoms with van der Waals surface area (Å²) in [6.45, 7) is 3.05. The summed E-state index contributed by atoms with van der Waals surface area (Å²) in [4.78, 5) is 1.39. The van der Waals surface area contributed by atoms with E-state index in [0.29, 0.717) is 6.04 Å². The van der Waals surface area contributed by atoms with Crippen LogP contribution in [0, 0.1) is 6.92 Å². The van der Waals surface area contributed by atoms with Gasteiger partial charge in [0.2, 0.25) is 0 Å². The first-order valence-electron chi connectivity index (χ1n) is 5.22. The molecule has 14 heavy (non-hydrogen) atoms. The van der Waals surface area contributed by atoms with Crippen LogP contribution < -0.4 is 5.32 Å². The molecule has 1 aromatic rings. The number of nitrogens with one attached hydrogen (secondary N) is 1. The van der Waals surface area contributed by atoms with E-state index in [1.54, 1.807) is 11.3 Å². The van der Waals surface area contributed by atoms with Crippen molar-refractivity contribution in [2.75, 3.05) is 0 Å². The van der Waals surface area contributed by atoms with E-state index in [1.807, 2.05) is 0 Å². The van der Waals surface area contributed by atoms with E-state index in [0.717, 1.165) is 25.8 Å². The van der Waals surface area contributed by atoms with Crippen LogP contribution in [0.3, 0.4) is 0 Å². The summed E-state index contributed by atoms with van der Waals surface area (Å²) < 4.78 is 0. The lowest BCUT2D eigenvalue weighted by atomic mass is 10.2. The van der Waals surface area contributed by atoms with Gasteiger partial charge in [0, 0.05) is 17.5 Å². The topological polar surface area (TPSA) is 32.3 Å². The first kappa shape index (κ1) is 10.1. The second-order valence-electron chi connectivity index (χ2n) is 4.01. The second kappa shape index (κ2) is 4.43. The molecule has 2 rings (SSSR count). The molecule has 2 N–H and O–H groups in total. The number of aliphatic hydroxyl groups excluding tert-OH is 1. The highest BCUT2D eigenvalue weighted by Crippen LogP contribution is 2.21. The molecule has 0 aromatic carbocycles. The number of hydrogen-bond donors (Lipinski definition) is 2. The number of aliphatic hydroxyl groups is 1. The predicted molar refractivity (Wildman–Crippen MR) is 59.5 cm³/mol. The average Bonchev–Trinajstić information content (AvgIpc) is 2.72. The molecule has 0 radical (unpaired) electrons. The highest BCUT2D eigenvalue weighted by atomic mass is 32.1. The first-order valence-corrected chi connectivity index (χ1v) is 6.10. The minimum atomic E-state index is -0.129. The zero-order valence-electron chi connectivity index (χ0n) is 8.49. The van der Waals surface area contributed by atoms with Gasteiger partial charge in [0.05, 0.1) is 6.10 Å². The minimum Gasteiger partial charge on any atom is -0.392 e. The molecule has 1 aliphatic carbocycles. The molecule has 1 aliphatic rings. The maximum absolute atomic E-state index is 9.63. The van der Waals surface area contributed by atoms with E-state index >= 15 is 0 Å². The Morgan fingerprint density at radius 2 is 2.43 bits per heavy atom. The van der Waals surface area contributed by atoms with E-state index < -0.39 is 0 Å². The van der Waals surface area contributed by atoms with Crippen molar-refractivity contribution in [3.8, 4) is 0 Å². The Bertz CT molecular complexity index is 297. The van der Waals surface area contributed by atoms with Crippen LogP contribution in [0.2, 0.25) is 0 Å². The fraction of sp³-hybridized carbons (Fsp3) is 0.636. The number of rotatable bonds is 3. The van der Waals surface area contributed by atoms with Crippen molar-refractivity contribution in [2.24, 2.45) is 0 Å². The molecule has 0 amide bonds. The molecular formula is C11H17NOS. The van der Waals surface area contributed by atoms with Crippen LogP contribution >= 0.6 is 11.3 Å². The third-order valence-electron chi connectivity index (χ3n) is 2.97. The molecule has 2 nitrogen and oxygen atoms in total. The second-order valence-corrected chi connectivity index (χ2v) is 5.01. The number of hydrogen-bond acceptors (Lipinski definition) is 3. The van der Waals surface area contributed by atoms with Crippen LogP contribution in [0.5, 0.6) is 0 Å². The van der Waals surface area contributed by atoms with Crippen molar-refractivity contribution >= 4 is 11.3 Å². The fourth-order valence-electron chi connectivity index (χ4n) is 1.99. The zero-order valence-corrected chi connectivity index (χ0v) is 9.31. The molecule has 0 spiro atoms. The van der Waals surface area contributed by atoms with Gasteiger partial charge in [-0.05, 0) is 43.2 Å². The maximum atomic E-state index is 9.63. The van der Waals surface area contributed by atoms with Crippen LogP contribution in [0.15, 0.2) is 11.4 Å². The van der Waals surface area contributed by atoms with Crippen LogP contribution in [0.1, 0.15) is 29.7 Å². The maximum Gasteiger partial charge on any atom is 0.0693 e. The smallest absolute Gasteiger partial charge is 0.0693 e. The monoisotopic (exact) mass is 211 g/mol. The van der Waals surface area contributed by atoms with E-state index in [2.05, 4.69) is 23.7 Å². The highest BCUT2D eigenvalue weighted by molar-refractivity contribution is 7.10. The Morgan fingerprint density at radius 1 is 1.57 bits per heavy atom. The van der Waals surface area contributed by atoms with E-state index in [-0.39, 0.29) is 6.10 Å². The van der Waals surface area contributed by atoms with Crippen LogP contribution in [0.25, 0.3) is 0 Å². The summed E-state index contributed by atoms with van der Waals surface area (Å²) in [5.41, 5.74) is 1.36. The molecule has 0 aliphatic heterocycles. The number of thiophene rings is 1. The molecule has 0 saturated heterocycles. The van der Waals surface area contributed by atoms with Crippen LogP contribution in [-0.2, 0) is 6.54 Å². The Labute approximate surface area is 89.0 Å². The quantitative estimate of drug-likeness (QED) is 0.802. The standard InChI is InChI=1S/C11H17NOS/c1-8-5-6-14-11(8)7-12-9-3-2-4-10(9)13/h5-6,9-10,12-13H,2-4,7H2,1H3/t9-,10-/m0/s1. The SMILES string of the molecule is Cc1ccsc1CN[C@H]1CCC[C@@H]1O. The molecular weight excluding hydrogens is 194 g/mol. The van der Waals surface area contributed by atoms with Gasteiger partial charge in [-0.3, -0.25) is 0 Å². The Balaban J connectivity index is 1.85. The number of aryl methyl sites for hydroxylation is 1. The molecule has 0 bridgehead atoms. The Morgan fingerprint density at radius 3 is 3.00 bits per heavy atom. The Kier molecular flexibility index (Phi) is 3.21. The van der Waals surface area contributed by atoms with Gasteiger partial charge in [0.1, 0.15) is 0 Å². The van der Waals surface area contributed by atoms with Gasteiger partial charge in [0.15, 0.2) is 0 Å². The van der Waals surface area contributed by atoms with Gasteiger partial charge in [-0.2, -0.15) is 0 Å². The normalized spacial score (nSPS) is 27.0. The zero-order chi connectivity index (χ0) is 9.97. The Hall–Kier alpha value is -0.380. The van der Waals surface area contributed by atoms with Crippen LogP contribution in [-0.4, -0.2) is 17.3 Å². The van der Waals surface area contributed by atoms with E-state index in [1.165, 1.54) is 10.4 Å². The summed E-state index contributed by atoms with van der Waals surface area (Å²) >= 11 is 1.79. The van der Waals surface area contributed by atoms with Gasteiger partial charge < -0.3 is 10.4 Å². The van der Waals surface area contributed by atoms with Gasteiger partial charge >= 0.3 is 0 Å². The third kappa shape index (κ3) is 2.16. The lowest BCUT2D eigenvalue weighted by molar-refractivity contribution is 0.149. The summed E-state index contributed by atoms with van der Waals surface area (Å²) in [6, 6.07) is 2.46. The molecule has 3 heteroatoms. The molecule has 2 atom stereocenters. The van der Waals surface area contributed by atoms with Gasteiger partial charge in [0.25, 0.3) is 0 Å². The predicted octanol–water partition coefficient (Wildman–Crippen LogP) is 2.06. The van der Waals surface area contributed by atoms with E-state index in [4.69, 9.17) is 0 Å². The van der Waals surface area contributed by atoms with Crippen LogP contribution in [0.4, 0.5) is 0 Å². The van der Waals surface area contributed by atoms with Crippen molar-refractivity contribution < 1.29 is 5.11 Å². The fourth-order valence-corrected chi connectivity index (χ4v) is 2.84. The van der Waals surface area contributed by atoms with Gasteiger partial charge in [-0.15, -0.1) is 11.3 Å². The van der Waals surface area contributed by atoms with Gasteiger partial charge in [-0.1, -0.05) is 0 Å². The lowest BCUT2D eigenvalue weighted by Crippen LogP contribution is -2.34. The summed E-state index contributed by atoms with van der Waals surface area (Å²) in [5.74, 6) is 0. The van der Waals surface area contributed by atoms with Crippen molar-refractivity contribution in [2.45, 2.75) is 44.9 Å². The molecule has 78 valence electrons.